The molecule has 2 nitrogen and oxygen atoms in total. The molecule has 1 aliphatic heterocycles. The van der Waals surface area contributed by atoms with Crippen molar-refractivity contribution in [2.45, 2.75) is 33.1 Å². The molecule has 1 aliphatic rings. The first-order valence-corrected chi connectivity index (χ1v) is 7.32. The molecule has 1 saturated heterocycles. The summed E-state index contributed by atoms with van der Waals surface area (Å²) < 4.78 is 1.03. The van der Waals surface area contributed by atoms with Gasteiger partial charge in [0.1, 0.15) is 0 Å². The monoisotopic (exact) mass is 306 g/mol. The molecule has 1 fully saturated rings. The standard InChI is InChI=1S/C15H19BrN2/c1-3-15(2)6-8-18(9-7-15)14-5-4-12(11-17)10-13(14)16/h4-5,10H,3,6-9H2,1-2H3. The minimum absolute atomic E-state index is 0.509. The molecule has 0 N–H and O–H groups in total. The number of benzene rings is 1. The molecule has 2 rings (SSSR count). The van der Waals surface area contributed by atoms with Crippen LogP contribution in [0.1, 0.15) is 38.7 Å². The molecule has 0 bridgehead atoms. The summed E-state index contributed by atoms with van der Waals surface area (Å²) >= 11 is 3.58. The summed E-state index contributed by atoms with van der Waals surface area (Å²) in [5.74, 6) is 0. The Morgan fingerprint density at radius 3 is 2.56 bits per heavy atom. The summed E-state index contributed by atoms with van der Waals surface area (Å²) in [5, 5.41) is 8.88. The second-order valence-electron chi connectivity index (χ2n) is 5.43. The third-order valence-corrected chi connectivity index (χ3v) is 4.88. The van der Waals surface area contributed by atoms with Crippen LogP contribution in [0.3, 0.4) is 0 Å². The van der Waals surface area contributed by atoms with Crippen LogP contribution in [0.2, 0.25) is 0 Å². The first-order valence-electron chi connectivity index (χ1n) is 6.52. The first kappa shape index (κ1) is 13.4. The Kier molecular flexibility index (Phi) is 3.97. The van der Waals surface area contributed by atoms with Crippen molar-refractivity contribution in [3.8, 4) is 6.07 Å². The van der Waals surface area contributed by atoms with Gasteiger partial charge in [0.2, 0.25) is 0 Å². The molecule has 18 heavy (non-hydrogen) atoms. The summed E-state index contributed by atoms with van der Waals surface area (Å²) in [4.78, 5) is 2.42. The van der Waals surface area contributed by atoms with Gasteiger partial charge < -0.3 is 4.90 Å². The van der Waals surface area contributed by atoms with E-state index in [0.29, 0.717) is 11.0 Å². The third-order valence-electron chi connectivity index (χ3n) is 4.24. The number of anilines is 1. The van der Waals surface area contributed by atoms with Gasteiger partial charge in [-0.2, -0.15) is 5.26 Å². The van der Waals surface area contributed by atoms with E-state index in [2.05, 4.69) is 46.8 Å². The van der Waals surface area contributed by atoms with Gasteiger partial charge in [-0.05, 0) is 52.4 Å². The normalized spacial score (nSPS) is 18.4. The van der Waals surface area contributed by atoms with Gasteiger partial charge in [0, 0.05) is 17.6 Å². The Labute approximate surface area is 118 Å². The largest absolute Gasteiger partial charge is 0.371 e. The first-order chi connectivity index (χ1) is 8.58. The average Bonchev–Trinajstić information content (AvgIpc) is 2.40. The van der Waals surface area contributed by atoms with E-state index in [-0.39, 0.29) is 0 Å². The zero-order valence-electron chi connectivity index (χ0n) is 11.0. The molecule has 1 aromatic carbocycles. The van der Waals surface area contributed by atoms with E-state index in [0.717, 1.165) is 17.6 Å². The van der Waals surface area contributed by atoms with E-state index in [1.54, 1.807) is 0 Å². The van der Waals surface area contributed by atoms with Gasteiger partial charge in [-0.3, -0.25) is 0 Å². The van der Waals surface area contributed by atoms with Crippen LogP contribution in [0, 0.1) is 16.7 Å². The van der Waals surface area contributed by atoms with Crippen LogP contribution < -0.4 is 4.90 Å². The van der Waals surface area contributed by atoms with E-state index in [1.807, 2.05) is 12.1 Å². The Morgan fingerprint density at radius 1 is 1.39 bits per heavy atom. The van der Waals surface area contributed by atoms with Crippen molar-refractivity contribution in [1.82, 2.24) is 0 Å². The number of halogens is 1. The maximum atomic E-state index is 8.88. The molecule has 96 valence electrons. The number of nitrogens with zero attached hydrogens (tertiary/aromatic N) is 2. The smallest absolute Gasteiger partial charge is 0.0992 e. The Balaban J connectivity index is 2.13. The number of rotatable bonds is 2. The summed E-state index contributed by atoms with van der Waals surface area (Å²) in [5.41, 5.74) is 2.43. The predicted molar refractivity (Wildman–Crippen MR) is 78.7 cm³/mol. The fourth-order valence-corrected chi connectivity index (χ4v) is 3.10. The molecular formula is C15H19BrN2. The lowest BCUT2D eigenvalue weighted by Crippen LogP contribution is -2.38. The van der Waals surface area contributed by atoms with Crippen molar-refractivity contribution in [2.24, 2.45) is 5.41 Å². The summed E-state index contributed by atoms with van der Waals surface area (Å²) in [6, 6.07) is 8.03. The lowest BCUT2D eigenvalue weighted by atomic mass is 9.78. The van der Waals surface area contributed by atoms with Gasteiger partial charge in [0.25, 0.3) is 0 Å². The minimum atomic E-state index is 0.509. The van der Waals surface area contributed by atoms with E-state index in [4.69, 9.17) is 5.26 Å². The minimum Gasteiger partial charge on any atom is -0.371 e. The molecule has 1 aromatic rings. The highest BCUT2D eigenvalue weighted by Gasteiger charge is 2.28. The van der Waals surface area contributed by atoms with Crippen LogP contribution in [0.15, 0.2) is 22.7 Å². The van der Waals surface area contributed by atoms with Gasteiger partial charge in [0.05, 0.1) is 17.3 Å². The van der Waals surface area contributed by atoms with Gasteiger partial charge in [-0.25, -0.2) is 0 Å². The molecule has 0 radical (unpaired) electrons. The van der Waals surface area contributed by atoms with Crippen molar-refractivity contribution in [1.29, 1.82) is 5.26 Å². The van der Waals surface area contributed by atoms with E-state index < -0.39 is 0 Å². The Bertz CT molecular complexity index is 468. The van der Waals surface area contributed by atoms with Gasteiger partial charge in [0.15, 0.2) is 0 Å². The maximum absolute atomic E-state index is 8.88. The van der Waals surface area contributed by atoms with Crippen LogP contribution in [0.25, 0.3) is 0 Å². The Hall–Kier alpha value is -1.01. The third kappa shape index (κ3) is 2.70. The van der Waals surface area contributed by atoms with E-state index in [1.165, 1.54) is 24.9 Å². The summed E-state index contributed by atoms with van der Waals surface area (Å²) in [6.45, 7) is 6.88. The van der Waals surface area contributed by atoms with Crippen LogP contribution >= 0.6 is 15.9 Å². The summed E-state index contributed by atoms with van der Waals surface area (Å²) in [6.07, 6.45) is 3.75. The fraction of sp³-hybridized carbons (Fsp3) is 0.533. The van der Waals surface area contributed by atoms with Crippen molar-refractivity contribution in [3.05, 3.63) is 28.2 Å². The number of hydrogen-bond donors (Lipinski definition) is 0. The lowest BCUT2D eigenvalue weighted by molar-refractivity contribution is 0.238. The topological polar surface area (TPSA) is 27.0 Å². The highest BCUT2D eigenvalue weighted by molar-refractivity contribution is 9.10. The van der Waals surface area contributed by atoms with Crippen molar-refractivity contribution in [2.75, 3.05) is 18.0 Å². The molecule has 0 unspecified atom stereocenters. The molecule has 0 saturated carbocycles. The molecule has 0 spiro atoms. The number of hydrogen-bond acceptors (Lipinski definition) is 2. The van der Waals surface area contributed by atoms with Gasteiger partial charge >= 0.3 is 0 Å². The van der Waals surface area contributed by atoms with Crippen LogP contribution in [-0.2, 0) is 0 Å². The molecule has 0 atom stereocenters. The average molecular weight is 307 g/mol. The molecule has 0 amide bonds. The second-order valence-corrected chi connectivity index (χ2v) is 6.28. The molecule has 0 aliphatic carbocycles. The van der Waals surface area contributed by atoms with Crippen molar-refractivity contribution < 1.29 is 0 Å². The zero-order chi connectivity index (χ0) is 13.2. The lowest BCUT2D eigenvalue weighted by Gasteiger charge is -2.40. The van der Waals surface area contributed by atoms with E-state index in [9.17, 15) is 0 Å². The molecule has 1 heterocycles. The number of piperidine rings is 1. The van der Waals surface area contributed by atoms with E-state index >= 15 is 0 Å². The van der Waals surface area contributed by atoms with Crippen LogP contribution in [-0.4, -0.2) is 13.1 Å². The molecule has 3 heteroatoms. The predicted octanol–water partition coefficient (Wildman–Crippen LogP) is 4.34. The molecule has 0 aromatic heterocycles. The quantitative estimate of drug-likeness (QED) is 0.813. The Morgan fingerprint density at radius 2 is 2.06 bits per heavy atom. The fourth-order valence-electron chi connectivity index (χ4n) is 2.47. The van der Waals surface area contributed by atoms with Crippen LogP contribution in [0.5, 0.6) is 0 Å². The molecular weight excluding hydrogens is 288 g/mol. The second kappa shape index (κ2) is 5.32. The van der Waals surface area contributed by atoms with Crippen molar-refractivity contribution >= 4 is 21.6 Å². The highest BCUT2D eigenvalue weighted by atomic mass is 79.9. The summed E-state index contributed by atoms with van der Waals surface area (Å²) in [7, 11) is 0. The highest BCUT2D eigenvalue weighted by Crippen LogP contribution is 2.37. The van der Waals surface area contributed by atoms with Crippen LogP contribution in [0.4, 0.5) is 5.69 Å². The van der Waals surface area contributed by atoms with Gasteiger partial charge in [-0.15, -0.1) is 0 Å². The number of nitriles is 1. The SMILES string of the molecule is CCC1(C)CCN(c2ccc(C#N)cc2Br)CC1. The maximum Gasteiger partial charge on any atom is 0.0992 e. The van der Waals surface area contributed by atoms with Gasteiger partial charge in [-0.1, -0.05) is 20.3 Å². The van der Waals surface area contributed by atoms with Crippen molar-refractivity contribution in [3.63, 3.8) is 0 Å². The zero-order valence-corrected chi connectivity index (χ0v) is 12.6.